The molecule has 0 aliphatic rings. The first-order valence-electron chi connectivity index (χ1n) is 9.48. The van der Waals surface area contributed by atoms with Crippen LogP contribution in [-0.2, 0) is 10.1 Å². The van der Waals surface area contributed by atoms with Crippen molar-refractivity contribution in [3.63, 3.8) is 0 Å². The van der Waals surface area contributed by atoms with Gasteiger partial charge in [0.05, 0.1) is 5.25 Å². The van der Waals surface area contributed by atoms with Crippen LogP contribution in [0.1, 0.15) is 110 Å². The van der Waals surface area contributed by atoms with Gasteiger partial charge in [0, 0.05) is 0 Å². The van der Waals surface area contributed by atoms with Crippen molar-refractivity contribution in [1.29, 1.82) is 0 Å². The SMILES string of the molecule is CCCCCCCCCCCCCC(CCCC)S(=O)(=O)O. The third-order valence-electron chi connectivity index (χ3n) is 4.43. The van der Waals surface area contributed by atoms with Gasteiger partial charge in [0.1, 0.15) is 0 Å². The van der Waals surface area contributed by atoms with Gasteiger partial charge in [-0.05, 0) is 12.8 Å². The Morgan fingerprint density at radius 1 is 0.636 bits per heavy atom. The van der Waals surface area contributed by atoms with Gasteiger partial charge in [0.25, 0.3) is 10.1 Å². The van der Waals surface area contributed by atoms with Crippen LogP contribution in [0.5, 0.6) is 0 Å². The van der Waals surface area contributed by atoms with Crippen LogP contribution in [0.25, 0.3) is 0 Å². The molecule has 0 fully saturated rings. The summed E-state index contributed by atoms with van der Waals surface area (Å²) in [5, 5.41) is -0.536. The zero-order valence-corrected chi connectivity index (χ0v) is 15.7. The standard InChI is InChI=1S/C18H38O3S/c1-3-5-7-8-9-10-11-12-13-14-15-17-18(16-6-4-2)22(19,20)21/h18H,3-17H2,1-2H3,(H,19,20,21). The maximum Gasteiger partial charge on any atom is 0.267 e. The fourth-order valence-corrected chi connectivity index (χ4v) is 3.84. The molecule has 0 saturated carbocycles. The van der Waals surface area contributed by atoms with Crippen LogP contribution in [0.15, 0.2) is 0 Å². The predicted octanol–water partition coefficient (Wildman–Crippen LogP) is 6.13. The third-order valence-corrected chi connectivity index (χ3v) is 5.74. The minimum atomic E-state index is -3.85. The van der Waals surface area contributed by atoms with Crippen LogP contribution in [0.4, 0.5) is 0 Å². The van der Waals surface area contributed by atoms with Gasteiger partial charge >= 0.3 is 0 Å². The zero-order valence-electron chi connectivity index (χ0n) is 14.9. The first-order valence-corrected chi connectivity index (χ1v) is 11.0. The number of rotatable bonds is 16. The Labute approximate surface area is 139 Å². The van der Waals surface area contributed by atoms with Gasteiger partial charge in [0.15, 0.2) is 0 Å². The van der Waals surface area contributed by atoms with E-state index < -0.39 is 15.4 Å². The zero-order chi connectivity index (χ0) is 16.7. The van der Waals surface area contributed by atoms with E-state index in [2.05, 4.69) is 6.92 Å². The second-order valence-corrected chi connectivity index (χ2v) is 8.30. The molecule has 134 valence electrons. The Bertz CT molecular complexity index is 325. The maximum atomic E-state index is 11.3. The highest BCUT2D eigenvalue weighted by molar-refractivity contribution is 7.86. The van der Waals surface area contributed by atoms with Gasteiger partial charge < -0.3 is 0 Å². The van der Waals surface area contributed by atoms with E-state index in [0.29, 0.717) is 12.8 Å². The van der Waals surface area contributed by atoms with E-state index in [1.165, 1.54) is 57.8 Å². The largest absolute Gasteiger partial charge is 0.285 e. The summed E-state index contributed by atoms with van der Waals surface area (Å²) in [6.45, 7) is 4.29. The van der Waals surface area contributed by atoms with Crippen LogP contribution in [0, 0.1) is 0 Å². The summed E-state index contributed by atoms with van der Waals surface area (Å²) in [4.78, 5) is 0. The molecule has 3 nitrogen and oxygen atoms in total. The summed E-state index contributed by atoms with van der Waals surface area (Å²) >= 11 is 0. The molecule has 4 heteroatoms. The molecular formula is C18H38O3S. The van der Waals surface area contributed by atoms with Crippen LogP contribution in [0.3, 0.4) is 0 Å². The number of hydrogen-bond acceptors (Lipinski definition) is 2. The topological polar surface area (TPSA) is 54.4 Å². The minimum Gasteiger partial charge on any atom is -0.285 e. The highest BCUT2D eigenvalue weighted by Gasteiger charge is 2.21. The van der Waals surface area contributed by atoms with E-state index in [9.17, 15) is 13.0 Å². The Hall–Kier alpha value is -0.0900. The monoisotopic (exact) mass is 334 g/mol. The van der Waals surface area contributed by atoms with E-state index >= 15 is 0 Å². The minimum absolute atomic E-state index is 0.536. The molecule has 0 saturated heterocycles. The van der Waals surface area contributed by atoms with E-state index in [0.717, 1.165) is 25.7 Å². The summed E-state index contributed by atoms with van der Waals surface area (Å²) in [7, 11) is -3.85. The molecule has 1 unspecified atom stereocenters. The van der Waals surface area contributed by atoms with Crippen molar-refractivity contribution in [3.05, 3.63) is 0 Å². The van der Waals surface area contributed by atoms with Crippen LogP contribution in [-0.4, -0.2) is 18.2 Å². The van der Waals surface area contributed by atoms with Crippen LogP contribution >= 0.6 is 0 Å². The summed E-state index contributed by atoms with van der Waals surface area (Å²) in [6.07, 6.45) is 17.0. The molecule has 0 aromatic carbocycles. The molecule has 0 bridgehead atoms. The fraction of sp³-hybridized carbons (Fsp3) is 1.00. The van der Waals surface area contributed by atoms with Gasteiger partial charge in [-0.2, -0.15) is 8.42 Å². The second kappa shape index (κ2) is 14.5. The Morgan fingerprint density at radius 2 is 1.00 bits per heavy atom. The average molecular weight is 335 g/mol. The van der Waals surface area contributed by atoms with E-state index in [-0.39, 0.29) is 0 Å². The molecular weight excluding hydrogens is 296 g/mol. The molecule has 0 spiro atoms. The Balaban J connectivity index is 3.50. The van der Waals surface area contributed by atoms with Crippen molar-refractivity contribution in [1.82, 2.24) is 0 Å². The van der Waals surface area contributed by atoms with Crippen molar-refractivity contribution in [3.8, 4) is 0 Å². The van der Waals surface area contributed by atoms with Gasteiger partial charge in [-0.3, -0.25) is 4.55 Å². The molecule has 0 rings (SSSR count). The molecule has 1 atom stereocenters. The third kappa shape index (κ3) is 13.6. The second-order valence-electron chi connectivity index (χ2n) is 6.60. The highest BCUT2D eigenvalue weighted by atomic mass is 32.2. The van der Waals surface area contributed by atoms with Crippen molar-refractivity contribution in [2.24, 2.45) is 0 Å². The van der Waals surface area contributed by atoms with Gasteiger partial charge in [0.2, 0.25) is 0 Å². The van der Waals surface area contributed by atoms with Crippen molar-refractivity contribution >= 4 is 10.1 Å². The summed E-state index contributed by atoms with van der Waals surface area (Å²) in [5.74, 6) is 0. The van der Waals surface area contributed by atoms with Crippen molar-refractivity contribution in [2.45, 2.75) is 115 Å². The molecule has 0 aliphatic carbocycles. The van der Waals surface area contributed by atoms with Gasteiger partial charge in [-0.1, -0.05) is 97.3 Å². The lowest BCUT2D eigenvalue weighted by atomic mass is 10.0. The molecule has 1 N–H and O–H groups in total. The molecule has 0 heterocycles. The molecule has 0 radical (unpaired) electrons. The Morgan fingerprint density at radius 3 is 1.41 bits per heavy atom. The first kappa shape index (κ1) is 21.9. The highest BCUT2D eigenvalue weighted by Crippen LogP contribution is 2.18. The van der Waals surface area contributed by atoms with Crippen molar-refractivity contribution in [2.75, 3.05) is 0 Å². The number of unbranched alkanes of at least 4 members (excludes halogenated alkanes) is 11. The maximum absolute atomic E-state index is 11.3. The quantitative estimate of drug-likeness (QED) is 0.273. The number of hydrogen-bond donors (Lipinski definition) is 1. The van der Waals surface area contributed by atoms with Crippen molar-refractivity contribution < 1.29 is 13.0 Å². The molecule has 0 aliphatic heterocycles. The van der Waals surface area contributed by atoms with E-state index in [1.54, 1.807) is 0 Å². The van der Waals surface area contributed by atoms with E-state index in [4.69, 9.17) is 0 Å². The lowest BCUT2D eigenvalue weighted by Crippen LogP contribution is -2.20. The summed E-state index contributed by atoms with van der Waals surface area (Å²) in [6, 6.07) is 0. The van der Waals surface area contributed by atoms with Gasteiger partial charge in [-0.15, -0.1) is 0 Å². The predicted molar refractivity (Wildman–Crippen MR) is 95.9 cm³/mol. The van der Waals surface area contributed by atoms with Crippen LogP contribution < -0.4 is 0 Å². The first-order chi connectivity index (χ1) is 10.5. The molecule has 22 heavy (non-hydrogen) atoms. The smallest absolute Gasteiger partial charge is 0.267 e. The lowest BCUT2D eigenvalue weighted by molar-refractivity contribution is 0.445. The summed E-state index contributed by atoms with van der Waals surface area (Å²) in [5.41, 5.74) is 0. The Kier molecular flexibility index (Phi) is 14.4. The fourth-order valence-electron chi connectivity index (χ4n) is 2.91. The molecule has 0 amide bonds. The van der Waals surface area contributed by atoms with E-state index in [1.807, 2.05) is 6.92 Å². The average Bonchev–Trinajstić information content (AvgIpc) is 2.46. The normalized spacial score (nSPS) is 13.4. The lowest BCUT2D eigenvalue weighted by Gasteiger charge is -2.13. The van der Waals surface area contributed by atoms with Crippen LogP contribution in [0.2, 0.25) is 0 Å². The summed E-state index contributed by atoms with van der Waals surface area (Å²) < 4.78 is 31.8. The van der Waals surface area contributed by atoms with Gasteiger partial charge in [-0.25, -0.2) is 0 Å². The molecule has 0 aromatic heterocycles. The molecule has 0 aromatic rings.